The molecule has 2 atom stereocenters. The molecule has 2 aliphatic heterocycles. The van der Waals surface area contributed by atoms with E-state index in [4.69, 9.17) is 5.73 Å². The molecular weight excluding hydrogens is 252 g/mol. The molecule has 18 heavy (non-hydrogen) atoms. The zero-order chi connectivity index (χ0) is 12.9. The highest BCUT2D eigenvalue weighted by Gasteiger charge is 2.47. The predicted molar refractivity (Wildman–Crippen MR) is 66.3 cm³/mol. The Bertz CT molecular complexity index is 539. The number of nitrogens with zero attached hydrogens (tertiary/aromatic N) is 3. The van der Waals surface area contributed by atoms with E-state index in [0.29, 0.717) is 0 Å². The summed E-state index contributed by atoms with van der Waals surface area (Å²) in [6.07, 6.45) is 4.91. The Morgan fingerprint density at radius 2 is 1.94 bits per heavy atom. The molecule has 2 unspecified atom stereocenters. The molecule has 2 bridgehead atoms. The fourth-order valence-corrected chi connectivity index (χ4v) is 5.29. The summed E-state index contributed by atoms with van der Waals surface area (Å²) in [7, 11) is -1.77. The molecular formula is C11H18N4O2S. The average Bonchev–Trinajstić information content (AvgIpc) is 2.82. The number of aromatic nitrogens is 2. The molecule has 2 aliphatic rings. The van der Waals surface area contributed by atoms with Crippen molar-refractivity contribution in [3.8, 4) is 0 Å². The van der Waals surface area contributed by atoms with Crippen molar-refractivity contribution in [2.24, 2.45) is 12.8 Å². The Balaban J connectivity index is 1.99. The largest absolute Gasteiger partial charge is 0.328 e. The Morgan fingerprint density at radius 3 is 2.44 bits per heavy atom. The Morgan fingerprint density at radius 1 is 1.33 bits per heavy atom. The van der Waals surface area contributed by atoms with Gasteiger partial charge in [0, 0.05) is 25.2 Å². The van der Waals surface area contributed by atoms with Crippen LogP contribution in [0.4, 0.5) is 0 Å². The number of fused-ring (bicyclic) bond motifs is 2. The molecule has 0 radical (unpaired) electrons. The van der Waals surface area contributed by atoms with Gasteiger partial charge >= 0.3 is 0 Å². The molecule has 0 spiro atoms. The van der Waals surface area contributed by atoms with E-state index in [0.717, 1.165) is 25.7 Å². The number of piperidine rings is 1. The van der Waals surface area contributed by atoms with Crippen molar-refractivity contribution in [2.75, 3.05) is 0 Å². The Hall–Kier alpha value is -0.920. The van der Waals surface area contributed by atoms with Crippen LogP contribution in [0.25, 0.3) is 0 Å². The molecule has 7 heteroatoms. The maximum absolute atomic E-state index is 12.7. The lowest BCUT2D eigenvalue weighted by molar-refractivity contribution is 0.226. The van der Waals surface area contributed by atoms with Crippen LogP contribution in [-0.4, -0.2) is 40.6 Å². The molecule has 0 aliphatic carbocycles. The minimum Gasteiger partial charge on any atom is -0.328 e. The van der Waals surface area contributed by atoms with Crippen LogP contribution in [0.3, 0.4) is 0 Å². The highest BCUT2D eigenvalue weighted by molar-refractivity contribution is 7.89. The van der Waals surface area contributed by atoms with Crippen molar-refractivity contribution < 1.29 is 8.42 Å². The highest BCUT2D eigenvalue weighted by Crippen LogP contribution is 2.38. The molecule has 2 N–H and O–H groups in total. The van der Waals surface area contributed by atoms with Gasteiger partial charge in [0.15, 0.2) is 5.03 Å². The predicted octanol–water partition coefficient (Wildman–Crippen LogP) is 0.0629. The second kappa shape index (κ2) is 4.04. The second-order valence-corrected chi connectivity index (χ2v) is 7.03. The minimum atomic E-state index is -3.43. The molecule has 100 valence electrons. The van der Waals surface area contributed by atoms with Crippen molar-refractivity contribution in [3.63, 3.8) is 0 Å². The average molecular weight is 270 g/mol. The molecule has 0 aromatic carbocycles. The molecule has 2 saturated heterocycles. The summed E-state index contributed by atoms with van der Waals surface area (Å²) in [4.78, 5) is 0. The summed E-state index contributed by atoms with van der Waals surface area (Å²) < 4.78 is 28.4. The van der Waals surface area contributed by atoms with Gasteiger partial charge in [0.2, 0.25) is 0 Å². The van der Waals surface area contributed by atoms with Gasteiger partial charge in [-0.25, -0.2) is 8.42 Å². The zero-order valence-electron chi connectivity index (χ0n) is 10.4. The maximum atomic E-state index is 12.7. The number of hydrogen-bond acceptors (Lipinski definition) is 4. The van der Waals surface area contributed by atoms with Gasteiger partial charge in [0.05, 0.1) is 6.20 Å². The van der Waals surface area contributed by atoms with Crippen LogP contribution in [0.5, 0.6) is 0 Å². The van der Waals surface area contributed by atoms with E-state index in [1.807, 2.05) is 0 Å². The van der Waals surface area contributed by atoms with Gasteiger partial charge in [0.25, 0.3) is 10.0 Å². The van der Waals surface area contributed by atoms with Gasteiger partial charge in [-0.1, -0.05) is 0 Å². The standard InChI is InChI=1S/C11H18N4O2S/c1-14-11(4-5-13-14)18(16,17)15-9-2-3-10(15)7-8(12)6-9/h4-5,8-10H,2-3,6-7,12H2,1H3. The smallest absolute Gasteiger partial charge is 0.260 e. The molecule has 6 nitrogen and oxygen atoms in total. The van der Waals surface area contributed by atoms with Crippen LogP contribution in [0.1, 0.15) is 25.7 Å². The molecule has 2 fully saturated rings. The molecule has 3 rings (SSSR count). The van der Waals surface area contributed by atoms with Crippen LogP contribution in [-0.2, 0) is 17.1 Å². The van der Waals surface area contributed by atoms with E-state index in [9.17, 15) is 8.42 Å². The van der Waals surface area contributed by atoms with Crippen LogP contribution in [0, 0.1) is 0 Å². The minimum absolute atomic E-state index is 0.0682. The van der Waals surface area contributed by atoms with Gasteiger partial charge in [-0.05, 0) is 31.7 Å². The van der Waals surface area contributed by atoms with Crippen molar-refractivity contribution in [1.29, 1.82) is 0 Å². The second-order valence-electron chi connectivity index (χ2n) is 5.24. The topological polar surface area (TPSA) is 81.2 Å². The summed E-state index contributed by atoms with van der Waals surface area (Å²) in [5.41, 5.74) is 5.97. The number of sulfonamides is 1. The first kappa shape index (κ1) is 12.1. The Labute approximate surface area is 107 Å². The van der Waals surface area contributed by atoms with Crippen LogP contribution >= 0.6 is 0 Å². The first-order valence-electron chi connectivity index (χ1n) is 6.27. The Kier molecular flexibility index (Phi) is 2.72. The van der Waals surface area contributed by atoms with Crippen molar-refractivity contribution in [2.45, 2.75) is 48.8 Å². The third-order valence-corrected chi connectivity index (χ3v) is 6.10. The van der Waals surface area contributed by atoms with Gasteiger partial charge in [-0.2, -0.15) is 9.40 Å². The van der Waals surface area contributed by atoms with E-state index in [1.54, 1.807) is 17.4 Å². The first-order chi connectivity index (χ1) is 8.50. The van der Waals surface area contributed by atoms with Crippen LogP contribution in [0.2, 0.25) is 0 Å². The summed E-state index contributed by atoms with van der Waals surface area (Å²) in [6, 6.07) is 1.83. The molecule has 0 saturated carbocycles. The van der Waals surface area contributed by atoms with Crippen LogP contribution in [0.15, 0.2) is 17.3 Å². The summed E-state index contributed by atoms with van der Waals surface area (Å²) in [5, 5.41) is 4.22. The van der Waals surface area contributed by atoms with E-state index in [2.05, 4.69) is 5.10 Å². The van der Waals surface area contributed by atoms with Gasteiger partial charge in [0.1, 0.15) is 0 Å². The monoisotopic (exact) mass is 270 g/mol. The zero-order valence-corrected chi connectivity index (χ0v) is 11.2. The lowest BCUT2D eigenvalue weighted by atomic mass is 10.0. The van der Waals surface area contributed by atoms with Gasteiger partial charge in [-0.3, -0.25) is 4.68 Å². The van der Waals surface area contributed by atoms with E-state index >= 15 is 0 Å². The lowest BCUT2D eigenvalue weighted by Gasteiger charge is -2.36. The fourth-order valence-electron chi connectivity index (χ4n) is 3.29. The van der Waals surface area contributed by atoms with Crippen molar-refractivity contribution >= 4 is 10.0 Å². The number of aryl methyl sites for hydroxylation is 1. The number of nitrogens with two attached hydrogens (primary N) is 1. The third kappa shape index (κ3) is 1.69. The van der Waals surface area contributed by atoms with Gasteiger partial charge in [-0.15, -0.1) is 0 Å². The van der Waals surface area contributed by atoms with Crippen LogP contribution < -0.4 is 5.73 Å². The van der Waals surface area contributed by atoms with E-state index in [-0.39, 0.29) is 23.2 Å². The molecule has 3 heterocycles. The maximum Gasteiger partial charge on any atom is 0.260 e. The number of rotatable bonds is 2. The highest BCUT2D eigenvalue weighted by atomic mass is 32.2. The van der Waals surface area contributed by atoms with Crippen molar-refractivity contribution in [1.82, 2.24) is 14.1 Å². The fraction of sp³-hybridized carbons (Fsp3) is 0.727. The normalized spacial score (nSPS) is 32.9. The lowest BCUT2D eigenvalue weighted by Crippen LogP contribution is -2.50. The van der Waals surface area contributed by atoms with Crippen molar-refractivity contribution in [3.05, 3.63) is 12.3 Å². The van der Waals surface area contributed by atoms with E-state index in [1.165, 1.54) is 10.9 Å². The van der Waals surface area contributed by atoms with Gasteiger partial charge < -0.3 is 5.73 Å². The molecule has 1 aromatic heterocycles. The quantitative estimate of drug-likeness (QED) is 0.824. The SMILES string of the molecule is Cn1nccc1S(=O)(=O)N1C2CCC1CC(N)C2. The third-order valence-electron chi connectivity index (χ3n) is 4.02. The first-order valence-corrected chi connectivity index (χ1v) is 7.71. The summed E-state index contributed by atoms with van der Waals surface area (Å²) >= 11 is 0. The number of hydrogen-bond donors (Lipinski definition) is 1. The summed E-state index contributed by atoms with van der Waals surface area (Å²) in [5.74, 6) is 0. The molecule has 1 aromatic rings. The van der Waals surface area contributed by atoms with E-state index < -0.39 is 10.0 Å². The summed E-state index contributed by atoms with van der Waals surface area (Å²) in [6.45, 7) is 0. The molecule has 0 amide bonds.